The fourth-order valence-electron chi connectivity index (χ4n) is 3.71. The van der Waals surface area contributed by atoms with Crippen molar-refractivity contribution in [2.45, 2.75) is 70.4 Å². The fourth-order valence-corrected chi connectivity index (χ4v) is 3.71. The van der Waals surface area contributed by atoms with Crippen LogP contribution in [0.15, 0.2) is 30.1 Å². The number of rotatable bonds is 5. The summed E-state index contributed by atoms with van der Waals surface area (Å²) >= 11 is 0. The van der Waals surface area contributed by atoms with Gasteiger partial charge in [-0.15, -0.1) is 0 Å². The second kappa shape index (κ2) is 6.72. The Labute approximate surface area is 133 Å². The lowest BCUT2D eigenvalue weighted by Crippen LogP contribution is -2.20. The summed E-state index contributed by atoms with van der Waals surface area (Å²) in [4.78, 5) is 0. The zero-order chi connectivity index (χ0) is 15.5. The van der Waals surface area contributed by atoms with Crippen LogP contribution in [0.5, 0.6) is 0 Å². The van der Waals surface area contributed by atoms with Crippen molar-refractivity contribution in [1.82, 2.24) is 10.6 Å². The van der Waals surface area contributed by atoms with Crippen LogP contribution in [0.3, 0.4) is 0 Å². The van der Waals surface area contributed by atoms with Gasteiger partial charge < -0.3 is 10.6 Å². The van der Waals surface area contributed by atoms with Crippen molar-refractivity contribution < 1.29 is 4.39 Å². The first kappa shape index (κ1) is 15.4. The summed E-state index contributed by atoms with van der Waals surface area (Å²) in [5.41, 5.74) is 3.17. The standard InChI is InChI=1S/C19H27FN2/c1-3-16-11-17(12-21-16)22-13(2)15-8-9-18(19(20)10-15)14-6-4-5-7-14/h8-10,12-14,16,21-22H,3-7,11H2,1-2H3/t13?,16-/m0/s1. The van der Waals surface area contributed by atoms with Gasteiger partial charge in [-0.2, -0.15) is 0 Å². The Morgan fingerprint density at radius 1 is 1.32 bits per heavy atom. The van der Waals surface area contributed by atoms with Gasteiger partial charge >= 0.3 is 0 Å². The zero-order valence-corrected chi connectivity index (χ0v) is 13.7. The van der Waals surface area contributed by atoms with E-state index in [4.69, 9.17) is 0 Å². The van der Waals surface area contributed by atoms with Gasteiger partial charge in [-0.3, -0.25) is 0 Å². The first-order valence-electron chi connectivity index (χ1n) is 8.68. The van der Waals surface area contributed by atoms with E-state index in [1.807, 2.05) is 6.07 Å². The van der Waals surface area contributed by atoms with Crippen LogP contribution in [0.25, 0.3) is 0 Å². The molecular weight excluding hydrogens is 275 g/mol. The Bertz CT molecular complexity index is 546. The third-order valence-electron chi connectivity index (χ3n) is 5.17. The summed E-state index contributed by atoms with van der Waals surface area (Å²) < 4.78 is 14.4. The van der Waals surface area contributed by atoms with Gasteiger partial charge in [-0.05, 0) is 49.3 Å². The minimum absolute atomic E-state index is 0.0250. The predicted octanol–water partition coefficient (Wildman–Crippen LogP) is 4.75. The highest BCUT2D eigenvalue weighted by molar-refractivity contribution is 5.30. The van der Waals surface area contributed by atoms with E-state index in [0.717, 1.165) is 36.8 Å². The number of hydrogen-bond acceptors (Lipinski definition) is 2. The maximum absolute atomic E-state index is 14.4. The molecule has 2 nitrogen and oxygen atoms in total. The molecule has 0 radical (unpaired) electrons. The van der Waals surface area contributed by atoms with Crippen LogP contribution in [-0.2, 0) is 0 Å². The van der Waals surface area contributed by atoms with Crippen molar-refractivity contribution in [3.63, 3.8) is 0 Å². The smallest absolute Gasteiger partial charge is 0.127 e. The highest BCUT2D eigenvalue weighted by Gasteiger charge is 2.21. The molecule has 1 heterocycles. The Kier molecular flexibility index (Phi) is 4.70. The second-order valence-corrected chi connectivity index (χ2v) is 6.77. The van der Waals surface area contributed by atoms with E-state index in [1.54, 1.807) is 6.07 Å². The van der Waals surface area contributed by atoms with Gasteiger partial charge in [0.05, 0.1) is 0 Å². The molecule has 1 fully saturated rings. The van der Waals surface area contributed by atoms with Crippen molar-refractivity contribution in [1.29, 1.82) is 0 Å². The molecule has 3 heteroatoms. The lowest BCUT2D eigenvalue weighted by Gasteiger charge is -2.19. The van der Waals surface area contributed by atoms with Crippen LogP contribution in [0, 0.1) is 5.82 Å². The Hall–Kier alpha value is -1.51. The van der Waals surface area contributed by atoms with Crippen molar-refractivity contribution >= 4 is 0 Å². The highest BCUT2D eigenvalue weighted by Crippen LogP contribution is 2.36. The van der Waals surface area contributed by atoms with E-state index in [2.05, 4.69) is 36.7 Å². The van der Waals surface area contributed by atoms with Crippen LogP contribution in [-0.4, -0.2) is 6.04 Å². The maximum Gasteiger partial charge on any atom is 0.127 e. The molecule has 0 saturated heterocycles. The molecule has 1 aromatic carbocycles. The van der Waals surface area contributed by atoms with Gasteiger partial charge in [-0.1, -0.05) is 31.9 Å². The average molecular weight is 302 g/mol. The van der Waals surface area contributed by atoms with Crippen molar-refractivity contribution in [3.8, 4) is 0 Å². The molecule has 1 saturated carbocycles. The van der Waals surface area contributed by atoms with Crippen LogP contribution in [0.2, 0.25) is 0 Å². The predicted molar refractivity (Wildman–Crippen MR) is 89.1 cm³/mol. The maximum atomic E-state index is 14.4. The lowest BCUT2D eigenvalue weighted by molar-refractivity contribution is 0.559. The van der Waals surface area contributed by atoms with Gasteiger partial charge in [0.2, 0.25) is 0 Å². The van der Waals surface area contributed by atoms with Gasteiger partial charge in [0.25, 0.3) is 0 Å². The van der Waals surface area contributed by atoms with E-state index in [1.165, 1.54) is 18.5 Å². The van der Waals surface area contributed by atoms with Crippen LogP contribution < -0.4 is 10.6 Å². The first-order valence-corrected chi connectivity index (χ1v) is 8.68. The van der Waals surface area contributed by atoms with Gasteiger partial charge in [0, 0.05) is 30.4 Å². The van der Waals surface area contributed by atoms with Crippen LogP contribution in [0.1, 0.15) is 75.5 Å². The molecule has 120 valence electrons. The number of hydrogen-bond donors (Lipinski definition) is 2. The summed E-state index contributed by atoms with van der Waals surface area (Å²) in [5.74, 6) is 0.410. The van der Waals surface area contributed by atoms with Crippen LogP contribution in [0.4, 0.5) is 4.39 Å². The monoisotopic (exact) mass is 302 g/mol. The molecule has 22 heavy (non-hydrogen) atoms. The fraction of sp³-hybridized carbons (Fsp3) is 0.579. The summed E-state index contributed by atoms with van der Waals surface area (Å²) in [6.07, 6.45) is 8.98. The minimum atomic E-state index is -0.0250. The van der Waals surface area contributed by atoms with Crippen molar-refractivity contribution in [3.05, 3.63) is 47.0 Å². The molecule has 1 aliphatic carbocycles. The van der Waals surface area contributed by atoms with Gasteiger partial charge in [0.15, 0.2) is 0 Å². The Balaban J connectivity index is 1.65. The molecular formula is C19H27FN2. The van der Waals surface area contributed by atoms with Crippen molar-refractivity contribution in [2.24, 2.45) is 0 Å². The van der Waals surface area contributed by atoms with E-state index in [0.29, 0.717) is 12.0 Å². The molecule has 2 N–H and O–H groups in total. The molecule has 0 bridgehead atoms. The van der Waals surface area contributed by atoms with E-state index < -0.39 is 0 Å². The van der Waals surface area contributed by atoms with Crippen LogP contribution >= 0.6 is 0 Å². The molecule has 0 spiro atoms. The normalized spacial score (nSPS) is 23.2. The molecule has 2 aliphatic rings. The molecule has 1 unspecified atom stereocenters. The second-order valence-electron chi connectivity index (χ2n) is 6.77. The minimum Gasteiger partial charge on any atom is -0.386 e. The third kappa shape index (κ3) is 3.29. The Morgan fingerprint density at radius 3 is 2.73 bits per heavy atom. The Morgan fingerprint density at radius 2 is 2.09 bits per heavy atom. The SMILES string of the molecule is CC[C@H]1CC(NC(C)c2ccc(C3CCCC3)c(F)c2)=CN1. The average Bonchev–Trinajstić information content (AvgIpc) is 3.18. The first-order chi connectivity index (χ1) is 10.7. The van der Waals surface area contributed by atoms with E-state index in [9.17, 15) is 4.39 Å². The summed E-state index contributed by atoms with van der Waals surface area (Å²) in [5, 5.41) is 6.88. The summed E-state index contributed by atoms with van der Waals surface area (Å²) in [6.45, 7) is 4.29. The highest BCUT2D eigenvalue weighted by atomic mass is 19.1. The molecule has 2 atom stereocenters. The molecule has 1 aromatic rings. The molecule has 3 rings (SSSR count). The number of benzene rings is 1. The lowest BCUT2D eigenvalue weighted by atomic mass is 9.94. The number of nitrogens with one attached hydrogen (secondary N) is 2. The topological polar surface area (TPSA) is 24.1 Å². The summed E-state index contributed by atoms with van der Waals surface area (Å²) in [7, 11) is 0. The molecule has 0 amide bonds. The van der Waals surface area contributed by atoms with E-state index >= 15 is 0 Å². The van der Waals surface area contributed by atoms with Gasteiger partial charge in [-0.25, -0.2) is 4.39 Å². The zero-order valence-electron chi connectivity index (χ0n) is 13.7. The third-order valence-corrected chi connectivity index (χ3v) is 5.17. The summed E-state index contributed by atoms with van der Waals surface area (Å²) in [6, 6.07) is 6.50. The quantitative estimate of drug-likeness (QED) is 0.820. The van der Waals surface area contributed by atoms with Crippen molar-refractivity contribution in [2.75, 3.05) is 0 Å². The molecule has 1 aliphatic heterocycles. The van der Waals surface area contributed by atoms with Gasteiger partial charge in [0.1, 0.15) is 5.82 Å². The molecule has 0 aromatic heterocycles. The number of halogens is 1. The van der Waals surface area contributed by atoms with E-state index in [-0.39, 0.29) is 11.9 Å². The largest absolute Gasteiger partial charge is 0.386 e.